The second kappa shape index (κ2) is 6.14. The molecule has 18 heavy (non-hydrogen) atoms. The number of nitrogens with one attached hydrogen (secondary N) is 1. The van der Waals surface area contributed by atoms with E-state index in [1.54, 1.807) is 11.6 Å². The molecule has 2 N–H and O–H groups in total. The van der Waals surface area contributed by atoms with Crippen LogP contribution >= 0.6 is 11.8 Å². The first-order chi connectivity index (χ1) is 8.29. The highest BCUT2D eigenvalue weighted by Crippen LogP contribution is 2.19. The standard InChI is InChI=1S/C10H19N5O2S/c1-7(8(16)17)18-9-12-13-14-15(9)6-5-11-10(2,3)4/h7,11H,5-6H2,1-4H3,(H,16,17). The van der Waals surface area contributed by atoms with Gasteiger partial charge in [-0.25, -0.2) is 4.68 Å². The van der Waals surface area contributed by atoms with E-state index in [1.807, 2.05) is 0 Å². The SMILES string of the molecule is CC(Sc1nnnn1CCNC(C)(C)C)C(=O)O. The fraction of sp³-hybridized carbons (Fsp3) is 0.800. The van der Waals surface area contributed by atoms with Crippen LogP contribution in [-0.4, -0.2) is 48.6 Å². The van der Waals surface area contributed by atoms with E-state index >= 15 is 0 Å². The third kappa shape index (κ3) is 5.01. The molecule has 1 rings (SSSR count). The normalized spacial score (nSPS) is 13.6. The van der Waals surface area contributed by atoms with Crippen molar-refractivity contribution >= 4 is 17.7 Å². The number of nitrogens with zero attached hydrogens (tertiary/aromatic N) is 4. The summed E-state index contributed by atoms with van der Waals surface area (Å²) in [5.74, 6) is -0.873. The van der Waals surface area contributed by atoms with Crippen molar-refractivity contribution in [3.63, 3.8) is 0 Å². The number of carbonyl (C=O) groups is 1. The van der Waals surface area contributed by atoms with Gasteiger partial charge in [-0.2, -0.15) is 0 Å². The molecule has 7 nitrogen and oxygen atoms in total. The van der Waals surface area contributed by atoms with E-state index in [2.05, 4.69) is 41.6 Å². The van der Waals surface area contributed by atoms with Crippen molar-refractivity contribution in [3.8, 4) is 0 Å². The number of aliphatic carboxylic acids is 1. The molecular formula is C10H19N5O2S. The molecule has 0 aliphatic heterocycles. The molecule has 0 radical (unpaired) electrons. The van der Waals surface area contributed by atoms with Crippen molar-refractivity contribution in [1.29, 1.82) is 0 Å². The Morgan fingerprint density at radius 2 is 2.22 bits per heavy atom. The Bertz CT molecular complexity index is 401. The number of thioether (sulfide) groups is 1. The Balaban J connectivity index is 2.52. The number of hydrogen-bond acceptors (Lipinski definition) is 6. The van der Waals surface area contributed by atoms with Crippen LogP contribution < -0.4 is 5.32 Å². The molecule has 0 amide bonds. The van der Waals surface area contributed by atoms with Crippen LogP contribution in [0.5, 0.6) is 0 Å². The van der Waals surface area contributed by atoms with Crippen LogP contribution in [0.25, 0.3) is 0 Å². The molecule has 0 aliphatic carbocycles. The maximum atomic E-state index is 10.8. The van der Waals surface area contributed by atoms with Gasteiger partial charge in [0, 0.05) is 12.1 Å². The average molecular weight is 273 g/mol. The Morgan fingerprint density at radius 1 is 1.56 bits per heavy atom. The van der Waals surface area contributed by atoms with Crippen molar-refractivity contribution in [1.82, 2.24) is 25.5 Å². The van der Waals surface area contributed by atoms with Gasteiger partial charge in [0.15, 0.2) is 0 Å². The first kappa shape index (κ1) is 14.9. The Hall–Kier alpha value is -1.15. The first-order valence-electron chi connectivity index (χ1n) is 5.70. The molecule has 1 aromatic rings. The summed E-state index contributed by atoms with van der Waals surface area (Å²) in [5, 5.41) is 23.4. The van der Waals surface area contributed by atoms with Crippen LogP contribution in [0, 0.1) is 0 Å². The molecule has 8 heteroatoms. The minimum Gasteiger partial charge on any atom is -0.480 e. The molecule has 0 bridgehead atoms. The zero-order chi connectivity index (χ0) is 13.8. The fourth-order valence-electron chi connectivity index (χ4n) is 1.17. The van der Waals surface area contributed by atoms with Crippen molar-refractivity contribution in [3.05, 3.63) is 0 Å². The third-order valence-electron chi connectivity index (χ3n) is 2.11. The zero-order valence-corrected chi connectivity index (χ0v) is 11.9. The molecule has 1 atom stereocenters. The third-order valence-corrected chi connectivity index (χ3v) is 3.17. The van der Waals surface area contributed by atoms with Gasteiger partial charge in [0.25, 0.3) is 0 Å². The van der Waals surface area contributed by atoms with Crippen molar-refractivity contribution in [2.24, 2.45) is 0 Å². The Labute approximate surface area is 110 Å². The van der Waals surface area contributed by atoms with Crippen LogP contribution in [0.1, 0.15) is 27.7 Å². The van der Waals surface area contributed by atoms with Crippen molar-refractivity contribution in [2.75, 3.05) is 6.54 Å². The number of hydrogen-bond donors (Lipinski definition) is 2. The minimum absolute atomic E-state index is 0.0374. The van der Waals surface area contributed by atoms with E-state index in [-0.39, 0.29) is 5.54 Å². The first-order valence-corrected chi connectivity index (χ1v) is 6.58. The molecule has 1 aromatic heterocycles. The molecule has 1 heterocycles. The fourth-order valence-corrected chi connectivity index (χ4v) is 1.92. The number of carboxylic acid groups (broad SMARTS) is 1. The monoisotopic (exact) mass is 273 g/mol. The smallest absolute Gasteiger partial charge is 0.316 e. The molecule has 0 aliphatic rings. The second-order valence-electron chi connectivity index (χ2n) is 4.96. The van der Waals surface area contributed by atoms with Crippen molar-refractivity contribution < 1.29 is 9.90 Å². The van der Waals surface area contributed by atoms with Gasteiger partial charge in [-0.15, -0.1) is 5.10 Å². The van der Waals surface area contributed by atoms with E-state index in [1.165, 1.54) is 0 Å². The van der Waals surface area contributed by atoms with Gasteiger partial charge in [0.2, 0.25) is 5.16 Å². The van der Waals surface area contributed by atoms with E-state index in [9.17, 15) is 4.79 Å². The van der Waals surface area contributed by atoms with Crippen LogP contribution in [-0.2, 0) is 11.3 Å². The van der Waals surface area contributed by atoms with Crippen LogP contribution in [0.2, 0.25) is 0 Å². The summed E-state index contributed by atoms with van der Waals surface area (Å²) in [5.41, 5.74) is 0.0374. The van der Waals surface area contributed by atoms with E-state index in [0.29, 0.717) is 11.7 Å². The predicted molar refractivity (Wildman–Crippen MR) is 68.5 cm³/mol. The Morgan fingerprint density at radius 3 is 2.78 bits per heavy atom. The number of tetrazole rings is 1. The van der Waals surface area contributed by atoms with Gasteiger partial charge < -0.3 is 10.4 Å². The summed E-state index contributed by atoms with van der Waals surface area (Å²) in [6, 6.07) is 0. The maximum Gasteiger partial charge on any atom is 0.316 e. The Kier molecular flexibility index (Phi) is 5.09. The zero-order valence-electron chi connectivity index (χ0n) is 11.0. The summed E-state index contributed by atoms with van der Waals surface area (Å²) in [6.45, 7) is 9.18. The highest BCUT2D eigenvalue weighted by Gasteiger charge is 2.17. The summed E-state index contributed by atoms with van der Waals surface area (Å²) in [6.07, 6.45) is 0. The molecule has 0 saturated carbocycles. The van der Waals surface area contributed by atoms with E-state index in [0.717, 1.165) is 18.3 Å². The van der Waals surface area contributed by atoms with E-state index < -0.39 is 11.2 Å². The number of carboxylic acids is 1. The average Bonchev–Trinajstić information content (AvgIpc) is 2.63. The van der Waals surface area contributed by atoms with E-state index in [4.69, 9.17) is 5.11 Å². The summed E-state index contributed by atoms with van der Waals surface area (Å²) >= 11 is 1.14. The van der Waals surface area contributed by atoms with Crippen LogP contribution in [0.3, 0.4) is 0 Å². The molecule has 0 fully saturated rings. The lowest BCUT2D eigenvalue weighted by Crippen LogP contribution is -2.38. The van der Waals surface area contributed by atoms with Gasteiger partial charge >= 0.3 is 5.97 Å². The van der Waals surface area contributed by atoms with Crippen molar-refractivity contribution in [2.45, 2.75) is 50.2 Å². The number of rotatable bonds is 6. The van der Waals surface area contributed by atoms with Gasteiger partial charge in [0.05, 0.1) is 6.54 Å². The van der Waals surface area contributed by atoms with Gasteiger partial charge in [-0.05, 0) is 38.1 Å². The molecule has 0 aromatic carbocycles. The summed E-state index contributed by atoms with van der Waals surface area (Å²) < 4.78 is 1.61. The lowest BCUT2D eigenvalue weighted by atomic mass is 10.1. The maximum absolute atomic E-state index is 10.8. The van der Waals surface area contributed by atoms with Crippen LogP contribution in [0.15, 0.2) is 5.16 Å². The minimum atomic E-state index is -0.873. The lowest BCUT2D eigenvalue weighted by molar-refractivity contribution is -0.136. The molecule has 1 unspecified atom stereocenters. The van der Waals surface area contributed by atoms with Gasteiger partial charge in [0.1, 0.15) is 5.25 Å². The van der Waals surface area contributed by atoms with Gasteiger partial charge in [-0.3, -0.25) is 4.79 Å². The summed E-state index contributed by atoms with van der Waals surface area (Å²) in [7, 11) is 0. The largest absolute Gasteiger partial charge is 0.480 e. The molecule has 0 spiro atoms. The highest BCUT2D eigenvalue weighted by molar-refractivity contribution is 8.00. The topological polar surface area (TPSA) is 92.9 Å². The second-order valence-corrected chi connectivity index (χ2v) is 6.27. The molecular weight excluding hydrogens is 254 g/mol. The summed E-state index contributed by atoms with van der Waals surface area (Å²) in [4.78, 5) is 10.8. The highest BCUT2D eigenvalue weighted by atomic mass is 32.2. The quantitative estimate of drug-likeness (QED) is 0.734. The number of aromatic nitrogens is 4. The lowest BCUT2D eigenvalue weighted by Gasteiger charge is -2.20. The molecule has 0 saturated heterocycles. The predicted octanol–water partition coefficient (Wildman–Crippen LogP) is 0.626. The van der Waals surface area contributed by atoms with Gasteiger partial charge in [-0.1, -0.05) is 11.8 Å². The van der Waals surface area contributed by atoms with Crippen LogP contribution in [0.4, 0.5) is 0 Å². The molecule has 102 valence electrons.